The second-order valence-electron chi connectivity index (χ2n) is 3.91. The van der Waals surface area contributed by atoms with Crippen LogP contribution in [0.25, 0.3) is 0 Å². The van der Waals surface area contributed by atoms with E-state index < -0.39 is 11.6 Å². The number of benzene rings is 1. The first-order valence-corrected chi connectivity index (χ1v) is 6.14. The van der Waals surface area contributed by atoms with Gasteiger partial charge in [0.05, 0.1) is 16.5 Å². The smallest absolute Gasteiger partial charge is 0.141 e. The molecule has 0 bridgehead atoms. The van der Waals surface area contributed by atoms with Crippen LogP contribution in [0.5, 0.6) is 0 Å². The normalized spacial score (nSPS) is 16.3. The van der Waals surface area contributed by atoms with E-state index in [2.05, 4.69) is 0 Å². The Kier molecular flexibility index (Phi) is 3.45. The fourth-order valence-electron chi connectivity index (χ4n) is 1.91. The summed E-state index contributed by atoms with van der Waals surface area (Å²) in [5.74, 6) is -1.23. The van der Waals surface area contributed by atoms with Crippen LogP contribution in [-0.4, -0.2) is 5.25 Å². The molecule has 1 saturated carbocycles. The van der Waals surface area contributed by atoms with Crippen molar-refractivity contribution in [2.75, 3.05) is 0 Å². The maximum absolute atomic E-state index is 13.5. The van der Waals surface area contributed by atoms with Crippen LogP contribution in [0.3, 0.4) is 0 Å². The summed E-state index contributed by atoms with van der Waals surface area (Å²) in [5, 5.41) is 8.89. The zero-order chi connectivity index (χ0) is 11.5. The van der Waals surface area contributed by atoms with Gasteiger partial charge in [-0.05, 0) is 25.0 Å². The monoisotopic (exact) mass is 239 g/mol. The van der Waals surface area contributed by atoms with Crippen molar-refractivity contribution in [3.63, 3.8) is 0 Å². The summed E-state index contributed by atoms with van der Waals surface area (Å²) in [4.78, 5) is 0.0610. The number of nitrogens with zero attached hydrogens (tertiary/aromatic N) is 1. The molecule has 1 nitrogen and oxygen atoms in total. The van der Waals surface area contributed by atoms with Crippen molar-refractivity contribution < 1.29 is 8.78 Å². The molecule has 0 N–H and O–H groups in total. The average molecular weight is 239 g/mol. The van der Waals surface area contributed by atoms with Gasteiger partial charge in [-0.1, -0.05) is 12.8 Å². The van der Waals surface area contributed by atoms with Crippen molar-refractivity contribution >= 4 is 11.8 Å². The van der Waals surface area contributed by atoms with Crippen LogP contribution in [0.4, 0.5) is 8.78 Å². The Bertz CT molecular complexity index is 410. The molecular weight excluding hydrogens is 228 g/mol. The molecule has 0 aromatic heterocycles. The van der Waals surface area contributed by atoms with E-state index in [0.29, 0.717) is 5.25 Å². The number of halogens is 2. The Hall–Kier alpha value is -1.08. The van der Waals surface area contributed by atoms with Gasteiger partial charge in [-0.3, -0.25) is 0 Å². The zero-order valence-corrected chi connectivity index (χ0v) is 9.49. The van der Waals surface area contributed by atoms with E-state index >= 15 is 0 Å². The van der Waals surface area contributed by atoms with Gasteiger partial charge in [0.1, 0.15) is 11.6 Å². The molecule has 0 unspecified atom stereocenters. The summed E-state index contributed by atoms with van der Waals surface area (Å²) in [6.07, 6.45) is 4.31. The van der Waals surface area contributed by atoms with Gasteiger partial charge in [0.25, 0.3) is 0 Å². The number of thioether (sulfide) groups is 1. The van der Waals surface area contributed by atoms with Crippen molar-refractivity contribution in [1.82, 2.24) is 0 Å². The van der Waals surface area contributed by atoms with Gasteiger partial charge in [-0.25, -0.2) is 8.78 Å². The molecule has 1 fully saturated rings. The van der Waals surface area contributed by atoms with Crippen molar-refractivity contribution in [1.29, 1.82) is 5.26 Å². The van der Waals surface area contributed by atoms with Crippen LogP contribution in [-0.2, 0) is 0 Å². The molecule has 16 heavy (non-hydrogen) atoms. The van der Waals surface area contributed by atoms with Gasteiger partial charge >= 0.3 is 0 Å². The van der Waals surface area contributed by atoms with Crippen LogP contribution < -0.4 is 0 Å². The zero-order valence-electron chi connectivity index (χ0n) is 8.67. The van der Waals surface area contributed by atoms with Gasteiger partial charge < -0.3 is 0 Å². The van der Waals surface area contributed by atoms with Crippen molar-refractivity contribution in [3.05, 3.63) is 29.3 Å². The highest BCUT2D eigenvalue weighted by Gasteiger charge is 2.20. The highest BCUT2D eigenvalue weighted by Crippen LogP contribution is 2.37. The topological polar surface area (TPSA) is 23.8 Å². The van der Waals surface area contributed by atoms with E-state index in [1.165, 1.54) is 11.8 Å². The quantitative estimate of drug-likeness (QED) is 0.782. The van der Waals surface area contributed by atoms with Gasteiger partial charge in [0.2, 0.25) is 0 Å². The molecule has 4 heteroatoms. The Morgan fingerprint density at radius 2 is 1.75 bits per heavy atom. The summed E-state index contributed by atoms with van der Waals surface area (Å²) >= 11 is 1.26. The second-order valence-corrected chi connectivity index (χ2v) is 5.22. The van der Waals surface area contributed by atoms with Crippen LogP contribution in [0.2, 0.25) is 0 Å². The first-order valence-electron chi connectivity index (χ1n) is 5.26. The Morgan fingerprint density at radius 3 is 2.25 bits per heavy atom. The Balaban J connectivity index is 2.23. The van der Waals surface area contributed by atoms with E-state index in [4.69, 9.17) is 5.26 Å². The molecule has 0 heterocycles. The SMILES string of the molecule is N#Cc1cc(F)c(SC2CCCC2)c(F)c1. The largest absolute Gasteiger partial charge is 0.206 e. The molecule has 0 saturated heterocycles. The predicted molar refractivity (Wildman–Crippen MR) is 59.2 cm³/mol. The molecule has 1 aromatic rings. The summed E-state index contributed by atoms with van der Waals surface area (Å²) in [5.41, 5.74) is 0.0331. The van der Waals surface area contributed by atoms with Gasteiger partial charge in [0.15, 0.2) is 0 Å². The predicted octanol–water partition coefficient (Wildman–Crippen LogP) is 3.87. The molecular formula is C12H11F2NS. The lowest BCUT2D eigenvalue weighted by molar-refractivity contribution is 0.539. The van der Waals surface area contributed by atoms with E-state index in [1.54, 1.807) is 6.07 Å². The molecule has 0 amide bonds. The highest BCUT2D eigenvalue weighted by atomic mass is 32.2. The van der Waals surface area contributed by atoms with E-state index in [0.717, 1.165) is 37.8 Å². The average Bonchev–Trinajstić information content (AvgIpc) is 2.75. The van der Waals surface area contributed by atoms with Crippen molar-refractivity contribution in [2.45, 2.75) is 35.8 Å². The molecule has 1 aliphatic rings. The minimum absolute atomic E-state index is 0.0331. The van der Waals surface area contributed by atoms with Crippen LogP contribution in [0.15, 0.2) is 17.0 Å². The van der Waals surface area contributed by atoms with Gasteiger partial charge in [0, 0.05) is 5.25 Å². The third-order valence-electron chi connectivity index (χ3n) is 2.71. The van der Waals surface area contributed by atoms with Crippen LogP contribution in [0.1, 0.15) is 31.2 Å². The Labute approximate surface area is 97.5 Å². The molecule has 1 aliphatic carbocycles. The highest BCUT2D eigenvalue weighted by molar-refractivity contribution is 8.00. The third-order valence-corrected chi connectivity index (χ3v) is 4.14. The standard InChI is InChI=1S/C12H11F2NS/c13-10-5-8(7-15)6-11(14)12(10)16-9-3-1-2-4-9/h5-6,9H,1-4H2. The van der Waals surface area contributed by atoms with Gasteiger partial charge in [-0.15, -0.1) is 11.8 Å². The molecule has 84 valence electrons. The lowest BCUT2D eigenvalue weighted by atomic mass is 10.2. The van der Waals surface area contributed by atoms with E-state index in [9.17, 15) is 8.78 Å². The molecule has 0 atom stereocenters. The Morgan fingerprint density at radius 1 is 1.19 bits per heavy atom. The van der Waals surface area contributed by atoms with Gasteiger partial charge in [-0.2, -0.15) is 5.26 Å². The number of rotatable bonds is 2. The molecule has 0 spiro atoms. The molecule has 0 radical (unpaired) electrons. The van der Waals surface area contributed by atoms with E-state index in [1.807, 2.05) is 0 Å². The lowest BCUT2D eigenvalue weighted by Gasteiger charge is -2.10. The molecule has 0 aliphatic heterocycles. The van der Waals surface area contributed by atoms with Crippen LogP contribution in [0, 0.1) is 23.0 Å². The molecule has 1 aromatic carbocycles. The lowest BCUT2D eigenvalue weighted by Crippen LogP contribution is -1.98. The number of nitriles is 1. The number of hydrogen-bond donors (Lipinski definition) is 0. The van der Waals surface area contributed by atoms with Crippen molar-refractivity contribution in [3.8, 4) is 6.07 Å². The summed E-state index contributed by atoms with van der Waals surface area (Å²) in [6, 6.07) is 3.94. The second kappa shape index (κ2) is 4.84. The maximum atomic E-state index is 13.5. The fraction of sp³-hybridized carbons (Fsp3) is 0.417. The molecule has 2 rings (SSSR count). The van der Waals surface area contributed by atoms with E-state index in [-0.39, 0.29) is 10.5 Å². The fourth-order valence-corrected chi connectivity index (χ4v) is 3.16. The summed E-state index contributed by atoms with van der Waals surface area (Å²) in [6.45, 7) is 0. The number of hydrogen-bond acceptors (Lipinski definition) is 2. The van der Waals surface area contributed by atoms with Crippen molar-refractivity contribution in [2.24, 2.45) is 0 Å². The first kappa shape index (κ1) is 11.4. The third kappa shape index (κ3) is 2.35. The van der Waals surface area contributed by atoms with Crippen LogP contribution >= 0.6 is 11.8 Å². The summed E-state index contributed by atoms with van der Waals surface area (Å²) in [7, 11) is 0. The maximum Gasteiger partial charge on any atom is 0.141 e. The minimum atomic E-state index is -0.617. The summed E-state index contributed by atoms with van der Waals surface area (Å²) < 4.78 is 27.1. The minimum Gasteiger partial charge on any atom is -0.206 e. The first-order chi connectivity index (χ1) is 7.70.